The molecule has 0 radical (unpaired) electrons. The van der Waals surface area contributed by atoms with E-state index in [1.807, 2.05) is 83.1 Å². The van der Waals surface area contributed by atoms with Crippen molar-refractivity contribution >= 4 is 92.0 Å². The molecule has 0 aliphatic heterocycles. The van der Waals surface area contributed by atoms with Crippen molar-refractivity contribution in [2.24, 2.45) is 20.0 Å². The first kappa shape index (κ1) is 70.1. The second-order valence-corrected chi connectivity index (χ2v) is 22.1. The van der Waals surface area contributed by atoms with Crippen molar-refractivity contribution in [1.82, 2.24) is 0 Å². The maximum Gasteiger partial charge on any atom is 2.00 e. The molecule has 0 saturated carbocycles. The number of hydrogen-bond donors (Lipinski definition) is 0. The standard InChI is InChI=1S/4C17H18ClNO.2Ni/c4*1-10-7-11(2)17(12(3)8-10)19-13(4)15-9-14(18)5-6-16(15)20;;/h4*5-9,20H,1-4H3;;/q;;;;2*+2/p-4. The van der Waals surface area contributed by atoms with E-state index in [2.05, 4.69) is 96.2 Å². The number of hydrogen-bond acceptors (Lipinski definition) is 8. The molecule has 0 aliphatic rings. The predicted molar refractivity (Wildman–Crippen MR) is 334 cm³/mol. The Morgan fingerprint density at radius 1 is 0.268 bits per heavy atom. The number of benzene rings is 8. The second-order valence-electron chi connectivity index (χ2n) is 20.3. The van der Waals surface area contributed by atoms with Gasteiger partial charge in [-0.1, -0.05) is 164 Å². The number of nitrogens with zero attached hydrogens (tertiary/aromatic N) is 4. The Morgan fingerprint density at radius 2 is 0.415 bits per heavy atom. The number of aliphatic imine (C=N–C) groups is 4. The third-order valence-corrected chi connectivity index (χ3v) is 13.9. The minimum Gasteiger partial charge on any atom is -0.872 e. The SMILES string of the molecule is CC(=Nc1c(C)cc(C)cc1C)c1cc(Cl)ccc1[O-].CC(=Nc1c(C)cc(C)cc1C)c1cc(Cl)ccc1[O-].CC(=Nc1c(C)cc(C)cc1C)c1cc(Cl)ccc1[O-].CC(=Nc1c(C)cc(C)cc1C)c1cc(Cl)ccc1[O-].[Ni+2].[Ni+2]. The molecule has 8 nitrogen and oxygen atoms in total. The molecule has 14 heteroatoms. The maximum absolute atomic E-state index is 11.9. The van der Waals surface area contributed by atoms with E-state index >= 15 is 0 Å². The van der Waals surface area contributed by atoms with Gasteiger partial charge in [-0.3, -0.25) is 20.0 Å². The van der Waals surface area contributed by atoms with Gasteiger partial charge in [0.15, 0.2) is 0 Å². The van der Waals surface area contributed by atoms with Crippen LogP contribution < -0.4 is 20.4 Å². The summed E-state index contributed by atoms with van der Waals surface area (Å²) in [6.45, 7) is 31.8. The minimum atomic E-state index is -0.0573. The molecule has 0 saturated heterocycles. The smallest absolute Gasteiger partial charge is 0.872 e. The first-order valence-corrected chi connectivity index (χ1v) is 27.4. The molecule has 0 aromatic heterocycles. The first-order valence-electron chi connectivity index (χ1n) is 25.9. The normalized spacial score (nSPS) is 11.5. The summed E-state index contributed by atoms with van der Waals surface area (Å²) in [6, 6.07) is 35.7. The van der Waals surface area contributed by atoms with Crippen molar-refractivity contribution in [3.8, 4) is 23.0 Å². The first-order chi connectivity index (χ1) is 37.5. The van der Waals surface area contributed by atoms with E-state index in [9.17, 15) is 20.4 Å². The fourth-order valence-corrected chi connectivity index (χ4v) is 10.1. The molecule has 82 heavy (non-hydrogen) atoms. The van der Waals surface area contributed by atoms with E-state index in [0.717, 1.165) is 67.3 Å². The summed E-state index contributed by atoms with van der Waals surface area (Å²) in [7, 11) is 0. The molecular formula is C68H68Cl4N4Ni2O4. The van der Waals surface area contributed by atoms with Gasteiger partial charge in [0.25, 0.3) is 0 Å². The zero-order chi connectivity index (χ0) is 59.4. The Bertz CT molecular complexity index is 3160. The Kier molecular flexibility index (Phi) is 26.9. The van der Waals surface area contributed by atoms with Crippen LogP contribution in [0.1, 0.15) is 117 Å². The van der Waals surface area contributed by atoms with Crippen LogP contribution in [0.3, 0.4) is 0 Å². The fraction of sp³-hybridized carbons (Fsp3) is 0.235. The van der Waals surface area contributed by atoms with Gasteiger partial charge in [-0.05, 0) is 226 Å². The molecule has 0 spiro atoms. The molecule has 8 rings (SSSR count). The number of halogens is 4. The van der Waals surface area contributed by atoms with E-state index in [4.69, 9.17) is 46.4 Å². The Balaban J connectivity index is 0.000000285. The average molecular weight is 1260 g/mol. The van der Waals surface area contributed by atoms with Gasteiger partial charge in [0.05, 0.1) is 22.7 Å². The van der Waals surface area contributed by atoms with Gasteiger partial charge in [0, 0.05) is 42.9 Å². The van der Waals surface area contributed by atoms with E-state index in [0.29, 0.717) is 65.2 Å². The molecule has 0 heterocycles. The molecule has 0 amide bonds. The Labute approximate surface area is 525 Å². The van der Waals surface area contributed by atoms with E-state index in [-0.39, 0.29) is 56.0 Å². The summed E-state index contributed by atoms with van der Waals surface area (Å²) in [5.41, 5.74) is 22.4. The van der Waals surface area contributed by atoms with Crippen LogP contribution in [0.5, 0.6) is 23.0 Å². The molecule has 8 aromatic rings. The Morgan fingerprint density at radius 3 is 0.561 bits per heavy atom. The van der Waals surface area contributed by atoms with Crippen LogP contribution >= 0.6 is 46.4 Å². The average Bonchev–Trinajstić information content (AvgIpc) is 3.37. The molecule has 0 N–H and O–H groups in total. The van der Waals surface area contributed by atoms with Gasteiger partial charge >= 0.3 is 33.0 Å². The van der Waals surface area contributed by atoms with Gasteiger partial charge in [-0.15, -0.1) is 0 Å². The summed E-state index contributed by atoms with van der Waals surface area (Å²) < 4.78 is 0. The second kappa shape index (κ2) is 31.4. The molecule has 0 atom stereocenters. The quantitative estimate of drug-likeness (QED) is 0.110. The van der Waals surface area contributed by atoms with E-state index in [1.165, 1.54) is 46.5 Å². The third kappa shape index (κ3) is 19.4. The zero-order valence-electron chi connectivity index (χ0n) is 49.1. The molecule has 0 fully saturated rings. The van der Waals surface area contributed by atoms with Gasteiger partial charge in [0.1, 0.15) is 0 Å². The van der Waals surface area contributed by atoms with E-state index < -0.39 is 0 Å². The summed E-state index contributed by atoms with van der Waals surface area (Å²) in [4.78, 5) is 18.5. The molecular weight excluding hydrogens is 1200 g/mol. The molecule has 0 unspecified atom stereocenters. The van der Waals surface area contributed by atoms with Crippen molar-refractivity contribution in [1.29, 1.82) is 0 Å². The summed E-state index contributed by atoms with van der Waals surface area (Å²) in [5.74, 6) is -0.229. The van der Waals surface area contributed by atoms with Crippen molar-refractivity contribution in [2.75, 3.05) is 0 Å². The number of rotatable bonds is 8. The molecule has 0 aliphatic carbocycles. The fourth-order valence-electron chi connectivity index (χ4n) is 9.45. The van der Waals surface area contributed by atoms with Gasteiger partial charge in [-0.2, -0.15) is 0 Å². The van der Waals surface area contributed by atoms with Crippen LogP contribution in [0, 0.1) is 83.1 Å². The van der Waals surface area contributed by atoms with Crippen LogP contribution in [0.4, 0.5) is 22.7 Å². The third-order valence-electron chi connectivity index (χ3n) is 13.0. The largest absolute Gasteiger partial charge is 2.00 e. The van der Waals surface area contributed by atoms with Crippen molar-refractivity contribution < 1.29 is 53.4 Å². The minimum absolute atomic E-state index is 0. The van der Waals surface area contributed by atoms with Gasteiger partial charge in [0.2, 0.25) is 0 Å². The topological polar surface area (TPSA) is 142 Å². The molecule has 8 aromatic carbocycles. The van der Waals surface area contributed by atoms with Crippen LogP contribution in [0.2, 0.25) is 20.1 Å². The monoisotopic (exact) mass is 1260 g/mol. The van der Waals surface area contributed by atoms with E-state index in [1.54, 1.807) is 48.5 Å². The number of aryl methyl sites for hydroxylation is 12. The summed E-state index contributed by atoms with van der Waals surface area (Å²) in [5, 5.41) is 49.7. The zero-order valence-corrected chi connectivity index (χ0v) is 54.1. The van der Waals surface area contributed by atoms with Crippen LogP contribution in [0.25, 0.3) is 0 Å². The van der Waals surface area contributed by atoms with Crippen molar-refractivity contribution in [2.45, 2.75) is 111 Å². The maximum atomic E-state index is 11.9. The van der Waals surface area contributed by atoms with Gasteiger partial charge in [-0.25, -0.2) is 0 Å². The summed E-state index contributed by atoms with van der Waals surface area (Å²) in [6.07, 6.45) is 0. The van der Waals surface area contributed by atoms with Crippen LogP contribution in [-0.4, -0.2) is 22.8 Å². The van der Waals surface area contributed by atoms with Crippen LogP contribution in [0.15, 0.2) is 141 Å². The summed E-state index contributed by atoms with van der Waals surface area (Å²) >= 11 is 23.8. The van der Waals surface area contributed by atoms with Crippen molar-refractivity contribution in [3.63, 3.8) is 0 Å². The van der Waals surface area contributed by atoms with Crippen molar-refractivity contribution in [3.05, 3.63) is 230 Å². The molecule has 0 bridgehead atoms. The van der Waals surface area contributed by atoms with Crippen LogP contribution in [-0.2, 0) is 33.0 Å². The van der Waals surface area contributed by atoms with Gasteiger partial charge < -0.3 is 20.4 Å². The predicted octanol–water partition coefficient (Wildman–Crippen LogP) is 17.9. The Hall–Kier alpha value is -6.21. The molecule has 432 valence electrons.